The Hall–Kier alpha value is -3.86. The summed E-state index contributed by atoms with van der Waals surface area (Å²) >= 11 is 0. The first-order valence-electron chi connectivity index (χ1n) is 11.1. The van der Waals surface area contributed by atoms with Crippen molar-refractivity contribution in [1.82, 2.24) is 0 Å². The van der Waals surface area contributed by atoms with E-state index < -0.39 is 12.5 Å². The van der Waals surface area contributed by atoms with E-state index in [-0.39, 0.29) is 0 Å². The van der Waals surface area contributed by atoms with Gasteiger partial charge in [-0.3, -0.25) is 0 Å². The maximum atomic E-state index is 9.98. The molecule has 0 saturated carbocycles. The summed E-state index contributed by atoms with van der Waals surface area (Å²) in [6.07, 6.45) is 0. The molecule has 3 nitrogen and oxygen atoms in total. The molecule has 2 aliphatic carbocycles. The molecule has 1 unspecified atom stereocenters. The fourth-order valence-electron chi connectivity index (χ4n) is 5.81. The average molecular weight is 426 g/mol. The van der Waals surface area contributed by atoms with Crippen LogP contribution in [-0.4, -0.2) is 17.2 Å². The van der Waals surface area contributed by atoms with E-state index in [2.05, 4.69) is 60.7 Å². The second kappa shape index (κ2) is 6.58. The predicted molar refractivity (Wildman–Crippen MR) is 130 cm³/mol. The highest BCUT2D eigenvalue weighted by atomic mass is 16.4. The summed E-state index contributed by atoms with van der Waals surface area (Å²) in [6, 6.07) is 34.9. The van der Waals surface area contributed by atoms with Crippen LogP contribution in [-0.2, 0) is 5.41 Å². The van der Waals surface area contributed by atoms with Crippen LogP contribution in [0.15, 0.2) is 108 Å². The third kappa shape index (κ3) is 2.32. The lowest BCUT2D eigenvalue weighted by atomic mass is 9.69. The minimum atomic E-state index is -1.53. The summed E-state index contributed by atoms with van der Waals surface area (Å²) in [4.78, 5) is 0. The molecular formula is C29H19BO3. The summed E-state index contributed by atoms with van der Waals surface area (Å²) in [5.74, 6) is 1.71. The minimum Gasteiger partial charge on any atom is -0.456 e. The highest BCUT2D eigenvalue weighted by Crippen LogP contribution is 2.63. The molecule has 0 fully saturated rings. The maximum absolute atomic E-state index is 9.98. The van der Waals surface area contributed by atoms with Gasteiger partial charge in [0.1, 0.15) is 11.5 Å². The largest absolute Gasteiger partial charge is 0.488 e. The lowest BCUT2D eigenvalue weighted by Crippen LogP contribution is -2.32. The highest BCUT2D eigenvalue weighted by Gasteiger charge is 2.53. The quantitative estimate of drug-likeness (QED) is 0.384. The first-order valence-corrected chi connectivity index (χ1v) is 11.1. The van der Waals surface area contributed by atoms with Crippen LogP contribution < -0.4 is 5.46 Å². The molecule has 0 aliphatic heterocycles. The Kier molecular flexibility index (Phi) is 3.73. The fourth-order valence-corrected chi connectivity index (χ4v) is 5.81. The third-order valence-corrected chi connectivity index (χ3v) is 7.14. The summed E-state index contributed by atoms with van der Waals surface area (Å²) in [5.41, 5.74) is 8.80. The van der Waals surface area contributed by atoms with E-state index >= 15 is 0 Å². The smallest absolute Gasteiger partial charge is 0.456 e. The topological polar surface area (TPSA) is 53.6 Å². The van der Waals surface area contributed by atoms with Gasteiger partial charge in [-0.1, -0.05) is 97.1 Å². The molecule has 4 aromatic carbocycles. The first kappa shape index (κ1) is 18.7. The molecule has 1 spiro atoms. The maximum Gasteiger partial charge on any atom is 0.488 e. The fraction of sp³-hybridized carbons (Fsp3) is 0.0345. The normalized spacial score (nSPS) is 16.9. The van der Waals surface area contributed by atoms with E-state index in [4.69, 9.17) is 4.42 Å². The molecule has 4 heteroatoms. The lowest BCUT2D eigenvalue weighted by Gasteiger charge is -2.29. The molecule has 1 heterocycles. The van der Waals surface area contributed by atoms with Gasteiger partial charge in [-0.05, 0) is 39.3 Å². The molecule has 0 radical (unpaired) electrons. The zero-order chi connectivity index (χ0) is 22.2. The van der Waals surface area contributed by atoms with Gasteiger partial charge in [0.05, 0.1) is 5.41 Å². The second-order valence-corrected chi connectivity index (χ2v) is 8.74. The van der Waals surface area contributed by atoms with Gasteiger partial charge in [0, 0.05) is 16.7 Å². The molecular weight excluding hydrogens is 407 g/mol. The summed E-state index contributed by atoms with van der Waals surface area (Å²) in [7, 11) is -1.53. The molecule has 5 aromatic rings. The highest BCUT2D eigenvalue weighted by molar-refractivity contribution is 6.58. The van der Waals surface area contributed by atoms with Gasteiger partial charge in [0.15, 0.2) is 0 Å². The average Bonchev–Trinajstić information content (AvgIpc) is 3.50. The van der Waals surface area contributed by atoms with Crippen LogP contribution in [0, 0.1) is 0 Å². The standard InChI is InChI=1S/C29H19BO3/c31-30(32)19-14-15-21-20-10-4-6-12-23(20)29(25(21)16-19)24-13-7-5-11-22(24)28-26(29)17-27(33-28)18-8-2-1-3-9-18/h1-17,31-32H. The molecule has 7 rings (SSSR count). The van der Waals surface area contributed by atoms with Crippen LogP contribution >= 0.6 is 0 Å². The summed E-state index contributed by atoms with van der Waals surface area (Å²) < 4.78 is 6.53. The Morgan fingerprint density at radius 2 is 1.21 bits per heavy atom. The zero-order valence-corrected chi connectivity index (χ0v) is 17.7. The van der Waals surface area contributed by atoms with Crippen molar-refractivity contribution in [3.8, 4) is 33.8 Å². The van der Waals surface area contributed by atoms with Crippen LogP contribution in [0.25, 0.3) is 33.8 Å². The molecule has 2 N–H and O–H groups in total. The molecule has 0 saturated heterocycles. The van der Waals surface area contributed by atoms with E-state index in [1.807, 2.05) is 36.4 Å². The van der Waals surface area contributed by atoms with E-state index in [0.29, 0.717) is 5.46 Å². The van der Waals surface area contributed by atoms with Gasteiger partial charge in [-0.2, -0.15) is 0 Å². The number of hydrogen-bond donors (Lipinski definition) is 2. The Morgan fingerprint density at radius 1 is 0.576 bits per heavy atom. The van der Waals surface area contributed by atoms with Crippen molar-refractivity contribution in [2.24, 2.45) is 0 Å². The number of benzene rings is 4. The van der Waals surface area contributed by atoms with Crippen molar-refractivity contribution in [2.75, 3.05) is 0 Å². The monoisotopic (exact) mass is 426 g/mol. The predicted octanol–water partition coefficient (Wildman–Crippen LogP) is 4.97. The van der Waals surface area contributed by atoms with Crippen molar-refractivity contribution in [3.05, 3.63) is 125 Å². The molecule has 1 aromatic heterocycles. The third-order valence-electron chi connectivity index (χ3n) is 7.14. The number of furan rings is 1. The number of hydrogen-bond acceptors (Lipinski definition) is 3. The SMILES string of the molecule is OB(O)c1ccc2c(c1)C1(c3ccccc3-2)c2ccccc2-c2oc(-c3ccccc3)cc21. The van der Waals surface area contributed by atoms with Crippen molar-refractivity contribution in [3.63, 3.8) is 0 Å². The Labute approximate surface area is 191 Å². The lowest BCUT2D eigenvalue weighted by molar-refractivity contribution is 0.425. The van der Waals surface area contributed by atoms with Crippen molar-refractivity contribution >= 4 is 12.6 Å². The van der Waals surface area contributed by atoms with Crippen LogP contribution in [0.2, 0.25) is 0 Å². The van der Waals surface area contributed by atoms with Crippen LogP contribution in [0.3, 0.4) is 0 Å². The molecule has 1 atom stereocenters. The van der Waals surface area contributed by atoms with Gasteiger partial charge in [-0.25, -0.2) is 0 Å². The molecule has 156 valence electrons. The van der Waals surface area contributed by atoms with Crippen LogP contribution in [0.1, 0.15) is 22.3 Å². The van der Waals surface area contributed by atoms with Gasteiger partial charge in [-0.15, -0.1) is 0 Å². The Morgan fingerprint density at radius 3 is 1.97 bits per heavy atom. The van der Waals surface area contributed by atoms with Gasteiger partial charge < -0.3 is 14.5 Å². The molecule has 0 amide bonds. The molecule has 2 aliphatic rings. The first-order chi connectivity index (χ1) is 16.2. The zero-order valence-electron chi connectivity index (χ0n) is 17.7. The summed E-state index contributed by atoms with van der Waals surface area (Å²) in [6.45, 7) is 0. The van der Waals surface area contributed by atoms with Crippen molar-refractivity contribution in [2.45, 2.75) is 5.41 Å². The Bertz CT molecular complexity index is 1550. The van der Waals surface area contributed by atoms with Crippen molar-refractivity contribution in [1.29, 1.82) is 0 Å². The molecule has 0 bridgehead atoms. The van der Waals surface area contributed by atoms with Crippen molar-refractivity contribution < 1.29 is 14.5 Å². The minimum absolute atomic E-state index is 0.485. The second-order valence-electron chi connectivity index (χ2n) is 8.74. The van der Waals surface area contributed by atoms with Gasteiger partial charge in [0.2, 0.25) is 0 Å². The van der Waals surface area contributed by atoms with E-state index in [1.54, 1.807) is 6.07 Å². The van der Waals surface area contributed by atoms with E-state index in [1.165, 1.54) is 5.56 Å². The Balaban J connectivity index is 1.62. The number of rotatable bonds is 2. The number of fused-ring (bicyclic) bond motifs is 10. The molecule has 33 heavy (non-hydrogen) atoms. The van der Waals surface area contributed by atoms with Gasteiger partial charge >= 0.3 is 7.12 Å². The van der Waals surface area contributed by atoms with Gasteiger partial charge in [0.25, 0.3) is 0 Å². The summed E-state index contributed by atoms with van der Waals surface area (Å²) in [5, 5.41) is 20.0. The van der Waals surface area contributed by atoms with E-state index in [0.717, 1.165) is 50.5 Å². The van der Waals surface area contributed by atoms with Crippen LogP contribution in [0.4, 0.5) is 0 Å². The van der Waals surface area contributed by atoms with Crippen LogP contribution in [0.5, 0.6) is 0 Å². The van der Waals surface area contributed by atoms with E-state index in [9.17, 15) is 10.0 Å².